The summed E-state index contributed by atoms with van der Waals surface area (Å²) < 4.78 is 14.7. The first-order chi connectivity index (χ1) is 12.0. The van der Waals surface area contributed by atoms with Crippen molar-refractivity contribution in [3.05, 3.63) is 70.4 Å². The third-order valence-electron chi connectivity index (χ3n) is 4.47. The first kappa shape index (κ1) is 16.9. The monoisotopic (exact) mass is 344 g/mol. The Labute approximate surface area is 143 Å². The molecule has 3 rings (SSSR count). The van der Waals surface area contributed by atoms with Gasteiger partial charge in [0.05, 0.1) is 5.92 Å². The second-order valence-corrected chi connectivity index (χ2v) is 6.07. The Balaban J connectivity index is 1.80. The van der Waals surface area contributed by atoms with Gasteiger partial charge in [0.25, 0.3) is 5.56 Å². The number of hydrogen-bond acceptors (Lipinski definition) is 3. The van der Waals surface area contributed by atoms with Gasteiger partial charge in [-0.2, -0.15) is 0 Å². The number of rotatable bonds is 4. The van der Waals surface area contributed by atoms with Crippen molar-refractivity contribution in [1.29, 1.82) is 0 Å². The number of carboxylic acids is 1. The number of nitrogens with zero attached hydrogens (tertiary/aromatic N) is 2. The molecule has 0 spiro atoms. The minimum Gasteiger partial charge on any atom is -0.481 e. The van der Waals surface area contributed by atoms with Gasteiger partial charge in [0.1, 0.15) is 12.4 Å². The first-order valence-electron chi connectivity index (χ1n) is 7.87. The number of carbonyl (C=O) groups is 2. The zero-order chi connectivity index (χ0) is 18.0. The zero-order valence-corrected chi connectivity index (χ0v) is 13.3. The number of aliphatic carboxylic acids is 1. The quantitative estimate of drug-likeness (QED) is 0.907. The van der Waals surface area contributed by atoms with E-state index in [4.69, 9.17) is 0 Å². The fourth-order valence-corrected chi connectivity index (χ4v) is 3.17. The molecular weight excluding hydrogens is 327 g/mol. The Hall–Kier alpha value is -2.96. The van der Waals surface area contributed by atoms with E-state index in [-0.39, 0.29) is 31.1 Å². The molecule has 0 unspecified atom stereocenters. The van der Waals surface area contributed by atoms with E-state index in [9.17, 15) is 23.9 Å². The molecule has 0 bridgehead atoms. The summed E-state index contributed by atoms with van der Waals surface area (Å²) in [5, 5.41) is 9.46. The summed E-state index contributed by atoms with van der Waals surface area (Å²) in [6.45, 7) is 0.0691. The summed E-state index contributed by atoms with van der Waals surface area (Å²) in [6, 6.07) is 10.4. The predicted octanol–water partition coefficient (Wildman–Crippen LogP) is 1.31. The van der Waals surface area contributed by atoms with E-state index in [0.29, 0.717) is 5.56 Å². The van der Waals surface area contributed by atoms with E-state index in [2.05, 4.69) is 0 Å². The van der Waals surface area contributed by atoms with E-state index < -0.39 is 23.6 Å². The van der Waals surface area contributed by atoms with Crippen LogP contribution in [-0.2, 0) is 16.1 Å². The van der Waals surface area contributed by atoms with Crippen LogP contribution in [0.15, 0.2) is 53.5 Å². The second kappa shape index (κ2) is 6.88. The van der Waals surface area contributed by atoms with Crippen LogP contribution >= 0.6 is 0 Å². The standard InChI is InChI=1S/C18H17FN2O4/c19-13-5-3-4-12(8-13)14-9-21(10-15(14)18(24)25)17(23)11-20-7-2-1-6-16(20)22/h1-8,14-15H,9-11H2,(H,24,25)/t14-,15+/m0/s1. The van der Waals surface area contributed by atoms with Crippen molar-refractivity contribution in [3.63, 3.8) is 0 Å². The highest BCUT2D eigenvalue weighted by Crippen LogP contribution is 2.33. The van der Waals surface area contributed by atoms with Crippen molar-refractivity contribution in [1.82, 2.24) is 9.47 Å². The van der Waals surface area contributed by atoms with Gasteiger partial charge in [-0.25, -0.2) is 4.39 Å². The molecular formula is C18H17FN2O4. The molecule has 1 fully saturated rings. The molecule has 0 saturated carbocycles. The van der Waals surface area contributed by atoms with E-state index in [1.165, 1.54) is 39.9 Å². The second-order valence-electron chi connectivity index (χ2n) is 6.07. The van der Waals surface area contributed by atoms with Crippen LogP contribution in [0.2, 0.25) is 0 Å². The highest BCUT2D eigenvalue weighted by molar-refractivity contribution is 5.79. The Morgan fingerprint density at radius 3 is 2.64 bits per heavy atom. The van der Waals surface area contributed by atoms with Gasteiger partial charge in [-0.3, -0.25) is 14.4 Å². The molecule has 7 heteroatoms. The number of benzene rings is 1. The van der Waals surface area contributed by atoms with Gasteiger partial charge in [-0.05, 0) is 23.8 Å². The lowest BCUT2D eigenvalue weighted by atomic mass is 9.89. The van der Waals surface area contributed by atoms with E-state index in [0.717, 1.165) is 0 Å². The maximum atomic E-state index is 13.5. The molecule has 1 aliphatic heterocycles. The summed E-state index contributed by atoms with van der Waals surface area (Å²) in [4.78, 5) is 37.2. The summed E-state index contributed by atoms with van der Waals surface area (Å²) in [5.41, 5.74) is 0.256. The number of carbonyl (C=O) groups excluding carboxylic acids is 1. The lowest BCUT2D eigenvalue weighted by molar-refractivity contribution is -0.141. The first-order valence-corrected chi connectivity index (χ1v) is 7.87. The van der Waals surface area contributed by atoms with Crippen molar-refractivity contribution in [2.24, 2.45) is 5.92 Å². The van der Waals surface area contributed by atoms with Crippen molar-refractivity contribution in [2.75, 3.05) is 13.1 Å². The van der Waals surface area contributed by atoms with Gasteiger partial charge in [0.2, 0.25) is 5.91 Å². The molecule has 2 heterocycles. The molecule has 130 valence electrons. The fourth-order valence-electron chi connectivity index (χ4n) is 3.17. The van der Waals surface area contributed by atoms with Gasteiger partial charge in [0.15, 0.2) is 0 Å². The molecule has 0 radical (unpaired) electrons. The lowest BCUT2D eigenvalue weighted by Crippen LogP contribution is -2.35. The molecule has 6 nitrogen and oxygen atoms in total. The van der Waals surface area contributed by atoms with E-state index in [1.54, 1.807) is 18.2 Å². The van der Waals surface area contributed by atoms with Crippen molar-refractivity contribution in [2.45, 2.75) is 12.5 Å². The number of hydrogen-bond donors (Lipinski definition) is 1. The van der Waals surface area contributed by atoms with Crippen molar-refractivity contribution in [3.8, 4) is 0 Å². The highest BCUT2D eigenvalue weighted by Gasteiger charge is 2.40. The maximum absolute atomic E-state index is 13.5. The third kappa shape index (κ3) is 3.60. The normalized spacial score (nSPS) is 19.8. The molecule has 1 N–H and O–H groups in total. The number of aromatic nitrogens is 1. The SMILES string of the molecule is O=C(O)[C@@H]1CN(C(=O)Cn2ccccc2=O)C[C@H]1c1cccc(F)c1. The molecule has 2 atom stereocenters. The zero-order valence-electron chi connectivity index (χ0n) is 13.3. The Morgan fingerprint density at radius 2 is 1.96 bits per heavy atom. The average molecular weight is 344 g/mol. The minimum atomic E-state index is -1.03. The van der Waals surface area contributed by atoms with Crippen molar-refractivity contribution >= 4 is 11.9 Å². The Bertz CT molecular complexity index is 864. The number of amides is 1. The summed E-state index contributed by atoms with van der Waals surface area (Å²) in [6.07, 6.45) is 1.51. The van der Waals surface area contributed by atoms with Gasteiger partial charge in [-0.15, -0.1) is 0 Å². The van der Waals surface area contributed by atoms with Gasteiger partial charge in [0, 0.05) is 31.3 Å². The van der Waals surface area contributed by atoms with Crippen LogP contribution in [0, 0.1) is 11.7 Å². The van der Waals surface area contributed by atoms with Crippen LogP contribution in [-0.4, -0.2) is 39.5 Å². The fraction of sp³-hybridized carbons (Fsp3) is 0.278. The van der Waals surface area contributed by atoms with Crippen LogP contribution < -0.4 is 5.56 Å². The van der Waals surface area contributed by atoms with Gasteiger partial charge >= 0.3 is 5.97 Å². The maximum Gasteiger partial charge on any atom is 0.308 e. The van der Waals surface area contributed by atoms with Gasteiger partial charge in [-0.1, -0.05) is 18.2 Å². The Kier molecular flexibility index (Phi) is 4.65. The summed E-state index contributed by atoms with van der Waals surface area (Å²) >= 11 is 0. The predicted molar refractivity (Wildman–Crippen MR) is 87.5 cm³/mol. The number of halogens is 1. The summed E-state index contributed by atoms with van der Waals surface area (Å²) in [5.74, 6) is -3.09. The molecule has 1 saturated heterocycles. The lowest BCUT2D eigenvalue weighted by Gasteiger charge is -2.17. The largest absolute Gasteiger partial charge is 0.481 e. The molecule has 1 aromatic heterocycles. The van der Waals surface area contributed by atoms with Crippen LogP contribution in [0.3, 0.4) is 0 Å². The average Bonchev–Trinajstić information content (AvgIpc) is 3.03. The van der Waals surface area contributed by atoms with Gasteiger partial charge < -0.3 is 14.6 Å². The minimum absolute atomic E-state index is 0.0386. The van der Waals surface area contributed by atoms with Crippen LogP contribution in [0.25, 0.3) is 0 Å². The van der Waals surface area contributed by atoms with E-state index in [1.807, 2.05) is 0 Å². The van der Waals surface area contributed by atoms with Crippen LogP contribution in [0.5, 0.6) is 0 Å². The molecule has 2 aromatic rings. The molecule has 25 heavy (non-hydrogen) atoms. The smallest absolute Gasteiger partial charge is 0.308 e. The van der Waals surface area contributed by atoms with Crippen LogP contribution in [0.4, 0.5) is 4.39 Å². The van der Waals surface area contributed by atoms with E-state index >= 15 is 0 Å². The van der Waals surface area contributed by atoms with Crippen molar-refractivity contribution < 1.29 is 19.1 Å². The molecule has 0 aliphatic carbocycles. The molecule has 1 amide bonds. The third-order valence-corrected chi connectivity index (χ3v) is 4.47. The number of carboxylic acid groups (broad SMARTS) is 1. The number of pyridine rings is 1. The highest BCUT2D eigenvalue weighted by atomic mass is 19.1. The summed E-state index contributed by atoms with van der Waals surface area (Å²) in [7, 11) is 0. The Morgan fingerprint density at radius 1 is 1.16 bits per heavy atom. The topological polar surface area (TPSA) is 79.6 Å². The number of likely N-dealkylation sites (tertiary alicyclic amines) is 1. The molecule has 1 aliphatic rings. The van der Waals surface area contributed by atoms with Crippen LogP contribution in [0.1, 0.15) is 11.5 Å². The molecule has 1 aromatic carbocycles.